The third-order valence-corrected chi connectivity index (χ3v) is 4.94. The van der Waals surface area contributed by atoms with Gasteiger partial charge in [-0.25, -0.2) is 4.90 Å². The maximum Gasteiger partial charge on any atom is 0.278 e. The maximum absolute atomic E-state index is 13.0. The normalized spacial score (nSPS) is 22.0. The molecule has 2 aliphatic heterocycles. The second-order valence-electron chi connectivity index (χ2n) is 5.90. The predicted molar refractivity (Wildman–Crippen MR) is 95.0 cm³/mol. The van der Waals surface area contributed by atoms with E-state index in [2.05, 4.69) is 5.16 Å². The third kappa shape index (κ3) is 2.42. The number of nitrogens with zero attached hydrogens (tertiary/aromatic N) is 2. The number of hydrogen-bond donors (Lipinski definition) is 0. The van der Waals surface area contributed by atoms with Gasteiger partial charge < -0.3 is 4.84 Å². The molecule has 0 bridgehead atoms. The zero-order chi connectivity index (χ0) is 17.7. The van der Waals surface area contributed by atoms with Gasteiger partial charge in [-0.1, -0.05) is 52.6 Å². The smallest absolute Gasteiger partial charge is 0.278 e. The summed E-state index contributed by atoms with van der Waals surface area (Å²) in [6, 6.07) is 12.1. The van der Waals surface area contributed by atoms with Crippen molar-refractivity contribution in [3.63, 3.8) is 0 Å². The van der Waals surface area contributed by atoms with Crippen molar-refractivity contribution >= 4 is 46.4 Å². The molecule has 1 saturated heterocycles. The zero-order valence-corrected chi connectivity index (χ0v) is 14.6. The van der Waals surface area contributed by atoms with Gasteiger partial charge >= 0.3 is 0 Å². The number of rotatable bonds is 2. The van der Waals surface area contributed by atoms with Gasteiger partial charge in [0.2, 0.25) is 12.0 Å². The van der Waals surface area contributed by atoms with E-state index in [1.165, 1.54) is 0 Å². The lowest BCUT2D eigenvalue weighted by Crippen LogP contribution is -2.33. The summed E-state index contributed by atoms with van der Waals surface area (Å²) in [5, 5.41) is 4.85. The highest BCUT2D eigenvalue weighted by Crippen LogP contribution is 2.38. The van der Waals surface area contributed by atoms with E-state index in [1.54, 1.807) is 42.5 Å². The minimum Gasteiger partial charge on any atom is -0.381 e. The van der Waals surface area contributed by atoms with Crippen LogP contribution in [0.4, 0.5) is 5.69 Å². The molecule has 0 unspecified atom stereocenters. The van der Waals surface area contributed by atoms with Gasteiger partial charge in [-0.15, -0.1) is 0 Å². The van der Waals surface area contributed by atoms with Crippen molar-refractivity contribution < 1.29 is 14.4 Å². The lowest BCUT2D eigenvalue weighted by Gasteiger charge is -2.18. The van der Waals surface area contributed by atoms with Crippen LogP contribution in [0.15, 0.2) is 47.6 Å². The first-order chi connectivity index (χ1) is 12.0. The van der Waals surface area contributed by atoms with E-state index in [0.717, 1.165) is 10.5 Å². The van der Waals surface area contributed by atoms with Crippen LogP contribution in [0.2, 0.25) is 10.0 Å². The van der Waals surface area contributed by atoms with Crippen LogP contribution >= 0.6 is 23.2 Å². The van der Waals surface area contributed by atoms with Crippen LogP contribution < -0.4 is 4.90 Å². The zero-order valence-electron chi connectivity index (χ0n) is 13.1. The number of benzene rings is 2. The second-order valence-corrected chi connectivity index (χ2v) is 6.75. The minimum atomic E-state index is -0.975. The van der Waals surface area contributed by atoms with Gasteiger partial charge in [-0.2, -0.15) is 0 Å². The van der Waals surface area contributed by atoms with Crippen LogP contribution in [0, 0.1) is 12.8 Å². The highest BCUT2D eigenvalue weighted by molar-refractivity contribution is 6.38. The molecule has 0 aromatic heterocycles. The molecule has 2 aliphatic rings. The Morgan fingerprint density at radius 3 is 2.60 bits per heavy atom. The first-order valence-electron chi connectivity index (χ1n) is 7.61. The fourth-order valence-electron chi connectivity index (χ4n) is 3.13. The molecular weight excluding hydrogens is 363 g/mol. The highest BCUT2D eigenvalue weighted by Gasteiger charge is 2.56. The van der Waals surface area contributed by atoms with E-state index in [-0.39, 0.29) is 0 Å². The van der Waals surface area contributed by atoms with Crippen molar-refractivity contribution in [2.24, 2.45) is 11.1 Å². The molecule has 4 rings (SSSR count). The number of imide groups is 1. The number of oxime groups is 1. The summed E-state index contributed by atoms with van der Waals surface area (Å²) in [6.07, 6.45) is -0.975. The van der Waals surface area contributed by atoms with E-state index in [4.69, 9.17) is 28.0 Å². The topological polar surface area (TPSA) is 59.0 Å². The summed E-state index contributed by atoms with van der Waals surface area (Å²) in [7, 11) is 0. The number of halogens is 2. The van der Waals surface area contributed by atoms with Gasteiger partial charge in [-0.05, 0) is 30.7 Å². The minimum absolute atomic E-state index is 0.371. The molecule has 7 heteroatoms. The van der Waals surface area contributed by atoms with Gasteiger partial charge in [0.25, 0.3) is 5.91 Å². The summed E-state index contributed by atoms with van der Waals surface area (Å²) >= 11 is 12.2. The number of hydrogen-bond acceptors (Lipinski definition) is 4. The Morgan fingerprint density at radius 1 is 1.08 bits per heavy atom. The molecule has 1 fully saturated rings. The molecule has 2 amide bonds. The average molecular weight is 375 g/mol. The van der Waals surface area contributed by atoms with Crippen molar-refractivity contribution in [2.75, 3.05) is 4.90 Å². The number of amides is 2. The van der Waals surface area contributed by atoms with Gasteiger partial charge in [0, 0.05) is 15.6 Å². The fourth-order valence-corrected chi connectivity index (χ4v) is 3.53. The third-order valence-electron chi connectivity index (χ3n) is 4.37. The molecule has 25 heavy (non-hydrogen) atoms. The molecule has 2 aromatic carbocycles. The van der Waals surface area contributed by atoms with Crippen LogP contribution in [0.5, 0.6) is 0 Å². The van der Waals surface area contributed by atoms with Gasteiger partial charge in [0.05, 0.1) is 5.69 Å². The van der Waals surface area contributed by atoms with Crippen LogP contribution in [0.25, 0.3) is 0 Å². The van der Waals surface area contributed by atoms with Gasteiger partial charge in [-0.3, -0.25) is 9.59 Å². The molecule has 2 heterocycles. The van der Waals surface area contributed by atoms with Crippen molar-refractivity contribution in [2.45, 2.75) is 13.0 Å². The van der Waals surface area contributed by atoms with Crippen molar-refractivity contribution in [3.05, 3.63) is 63.6 Å². The first-order valence-corrected chi connectivity index (χ1v) is 8.37. The second kappa shape index (κ2) is 5.86. The van der Waals surface area contributed by atoms with E-state index in [0.29, 0.717) is 27.0 Å². The molecule has 0 radical (unpaired) electrons. The highest BCUT2D eigenvalue weighted by atomic mass is 35.5. The monoisotopic (exact) mass is 374 g/mol. The largest absolute Gasteiger partial charge is 0.381 e. The van der Waals surface area contributed by atoms with Crippen LogP contribution in [0.1, 0.15) is 11.1 Å². The Hall–Kier alpha value is -2.37. The molecule has 5 nitrogen and oxygen atoms in total. The summed E-state index contributed by atoms with van der Waals surface area (Å²) < 4.78 is 0. The van der Waals surface area contributed by atoms with Crippen LogP contribution in [-0.4, -0.2) is 23.6 Å². The van der Waals surface area contributed by atoms with E-state index >= 15 is 0 Å². The maximum atomic E-state index is 13.0. The molecule has 0 aliphatic carbocycles. The first kappa shape index (κ1) is 16.1. The van der Waals surface area contributed by atoms with Crippen molar-refractivity contribution in [1.82, 2.24) is 0 Å². The molecule has 126 valence electrons. The average Bonchev–Trinajstić information content (AvgIpc) is 3.12. The summed E-state index contributed by atoms with van der Waals surface area (Å²) in [5.74, 6) is -1.66. The van der Waals surface area contributed by atoms with E-state index in [1.807, 2.05) is 6.92 Å². The van der Waals surface area contributed by atoms with E-state index < -0.39 is 23.8 Å². The number of fused-ring (bicyclic) bond motifs is 1. The Bertz CT molecular complexity index is 942. The number of aryl methyl sites for hydroxylation is 1. The molecule has 0 saturated carbocycles. The SMILES string of the molecule is Cc1ccc(Cl)cc1N1C(=O)[C@@H]2C(c3ccccc3Cl)=NO[C@H]2C1=O. The Kier molecular flexibility index (Phi) is 3.78. The van der Waals surface area contributed by atoms with Gasteiger partial charge in [0.15, 0.2) is 0 Å². The number of carbonyl (C=O) groups excluding carboxylic acids is 2. The summed E-state index contributed by atoms with van der Waals surface area (Å²) in [4.78, 5) is 32.2. The lowest BCUT2D eigenvalue weighted by molar-refractivity contribution is -0.126. The van der Waals surface area contributed by atoms with Crippen molar-refractivity contribution in [3.8, 4) is 0 Å². The Morgan fingerprint density at radius 2 is 1.84 bits per heavy atom. The van der Waals surface area contributed by atoms with Crippen molar-refractivity contribution in [1.29, 1.82) is 0 Å². The molecule has 2 aromatic rings. The Labute approximate surface area is 153 Å². The standard InChI is InChI=1S/C18H12Cl2N2O3/c1-9-6-7-10(19)8-13(9)22-17(23)14-15(21-25-16(14)18(22)24)11-4-2-3-5-12(11)20/h2-8,14,16H,1H3/t14-,16-/m1/s1. The van der Waals surface area contributed by atoms with Crippen LogP contribution in [0.3, 0.4) is 0 Å². The summed E-state index contributed by atoms with van der Waals surface area (Å²) in [6.45, 7) is 1.81. The quantitative estimate of drug-likeness (QED) is 0.754. The molecule has 2 atom stereocenters. The van der Waals surface area contributed by atoms with Crippen LogP contribution in [-0.2, 0) is 14.4 Å². The predicted octanol–water partition coefficient (Wildman–Crippen LogP) is 3.59. The molecule has 0 N–H and O–H groups in total. The number of carbonyl (C=O) groups is 2. The summed E-state index contributed by atoms with van der Waals surface area (Å²) in [5.41, 5.74) is 2.18. The van der Waals surface area contributed by atoms with E-state index in [9.17, 15) is 9.59 Å². The molecular formula is C18H12Cl2N2O3. The number of anilines is 1. The van der Waals surface area contributed by atoms with Gasteiger partial charge in [0.1, 0.15) is 11.6 Å². The Balaban J connectivity index is 1.77. The molecule has 0 spiro atoms. The fraction of sp³-hybridized carbons (Fsp3) is 0.167. The lowest BCUT2D eigenvalue weighted by atomic mass is 9.94.